The molecule has 1 saturated heterocycles. The largest absolute Gasteiger partial charge is 0.479 e. The SMILES string of the molecule is O=C(O)C1CN(C(=O)c2ccc(F)c(Cl)c2)CCO1. The zero-order valence-corrected chi connectivity index (χ0v) is 10.6. The van der Waals surface area contributed by atoms with Crippen LogP contribution in [0.2, 0.25) is 5.02 Å². The molecule has 5 nitrogen and oxygen atoms in total. The number of carboxylic acid groups (broad SMARTS) is 1. The van der Waals surface area contributed by atoms with E-state index in [-0.39, 0.29) is 30.3 Å². The van der Waals surface area contributed by atoms with Crippen LogP contribution >= 0.6 is 11.6 Å². The van der Waals surface area contributed by atoms with E-state index in [1.54, 1.807) is 0 Å². The first-order valence-electron chi connectivity index (χ1n) is 5.58. The van der Waals surface area contributed by atoms with Crippen LogP contribution in [0.3, 0.4) is 0 Å². The number of morpholine rings is 1. The molecule has 0 aliphatic carbocycles. The van der Waals surface area contributed by atoms with Crippen molar-refractivity contribution in [2.24, 2.45) is 0 Å². The number of hydrogen-bond acceptors (Lipinski definition) is 3. The molecule has 1 atom stereocenters. The summed E-state index contributed by atoms with van der Waals surface area (Å²) in [5.74, 6) is -2.12. The highest BCUT2D eigenvalue weighted by atomic mass is 35.5. The third-order valence-electron chi connectivity index (χ3n) is 2.80. The lowest BCUT2D eigenvalue weighted by molar-refractivity contribution is -0.154. The summed E-state index contributed by atoms with van der Waals surface area (Å²) in [5, 5.41) is 8.71. The first kappa shape index (κ1) is 13.8. The molecule has 0 bridgehead atoms. The van der Waals surface area contributed by atoms with E-state index >= 15 is 0 Å². The predicted octanol–water partition coefficient (Wildman–Crippen LogP) is 1.40. The summed E-state index contributed by atoms with van der Waals surface area (Å²) in [5.41, 5.74) is 0.220. The van der Waals surface area contributed by atoms with Crippen LogP contribution in [-0.4, -0.2) is 47.7 Å². The van der Waals surface area contributed by atoms with E-state index in [9.17, 15) is 14.0 Å². The average molecular weight is 288 g/mol. The molecule has 1 aliphatic rings. The number of benzene rings is 1. The topological polar surface area (TPSA) is 66.8 Å². The number of carbonyl (C=O) groups excluding carboxylic acids is 1. The molecule has 0 spiro atoms. The van der Waals surface area contributed by atoms with Crippen molar-refractivity contribution in [3.8, 4) is 0 Å². The monoisotopic (exact) mass is 287 g/mol. The van der Waals surface area contributed by atoms with Crippen LogP contribution < -0.4 is 0 Å². The van der Waals surface area contributed by atoms with Crippen LogP contribution in [0, 0.1) is 5.82 Å². The van der Waals surface area contributed by atoms with Gasteiger partial charge in [0.05, 0.1) is 18.2 Å². The Hall–Kier alpha value is -1.66. The van der Waals surface area contributed by atoms with Crippen molar-refractivity contribution in [2.75, 3.05) is 19.7 Å². The van der Waals surface area contributed by atoms with Gasteiger partial charge in [0.2, 0.25) is 0 Å². The number of nitrogens with zero attached hydrogens (tertiary/aromatic N) is 1. The second-order valence-corrected chi connectivity index (χ2v) is 4.48. The summed E-state index contributed by atoms with van der Waals surface area (Å²) in [4.78, 5) is 24.3. The Kier molecular flexibility index (Phi) is 4.01. The minimum absolute atomic E-state index is 0.0385. The fourth-order valence-electron chi connectivity index (χ4n) is 1.79. The van der Waals surface area contributed by atoms with Gasteiger partial charge in [-0.15, -0.1) is 0 Å². The average Bonchev–Trinajstić information content (AvgIpc) is 2.41. The van der Waals surface area contributed by atoms with Crippen LogP contribution in [0.15, 0.2) is 18.2 Å². The lowest BCUT2D eigenvalue weighted by Gasteiger charge is -2.30. The zero-order chi connectivity index (χ0) is 14.0. The van der Waals surface area contributed by atoms with Crippen LogP contribution in [-0.2, 0) is 9.53 Å². The molecule has 1 aromatic rings. The van der Waals surface area contributed by atoms with Crippen LogP contribution in [0.5, 0.6) is 0 Å². The molecule has 1 aliphatic heterocycles. The van der Waals surface area contributed by atoms with Gasteiger partial charge < -0.3 is 14.7 Å². The Bertz CT molecular complexity index is 522. The molecule has 0 saturated carbocycles. The molecular formula is C12H11ClFNO4. The summed E-state index contributed by atoms with van der Waals surface area (Å²) in [7, 11) is 0. The maximum atomic E-state index is 13.0. The Balaban J connectivity index is 2.14. The molecule has 0 radical (unpaired) electrons. The molecule has 1 amide bonds. The van der Waals surface area contributed by atoms with E-state index in [4.69, 9.17) is 21.4 Å². The molecule has 1 fully saturated rings. The van der Waals surface area contributed by atoms with Crippen LogP contribution in [0.4, 0.5) is 4.39 Å². The number of carbonyl (C=O) groups is 2. The minimum atomic E-state index is -1.12. The van der Waals surface area contributed by atoms with Crippen molar-refractivity contribution in [1.82, 2.24) is 4.90 Å². The van der Waals surface area contributed by atoms with E-state index < -0.39 is 23.8 Å². The first-order chi connectivity index (χ1) is 8.99. The lowest BCUT2D eigenvalue weighted by Crippen LogP contribution is -2.48. The summed E-state index contributed by atoms with van der Waals surface area (Å²) < 4.78 is 18.0. The van der Waals surface area contributed by atoms with Gasteiger partial charge in [0.1, 0.15) is 5.82 Å². The molecule has 1 heterocycles. The molecule has 2 rings (SSSR count). The molecule has 7 heteroatoms. The second-order valence-electron chi connectivity index (χ2n) is 4.08. The standard InChI is InChI=1S/C12H11ClFNO4/c13-8-5-7(1-2-9(8)14)11(16)15-3-4-19-10(6-15)12(17)18/h1-2,5,10H,3-4,6H2,(H,17,18). The summed E-state index contributed by atoms with van der Waals surface area (Å²) in [6.45, 7) is 0.401. The number of rotatable bonds is 2. The predicted molar refractivity (Wildman–Crippen MR) is 64.7 cm³/mol. The number of carboxylic acids is 1. The molecule has 102 valence electrons. The van der Waals surface area contributed by atoms with Gasteiger partial charge in [-0.2, -0.15) is 0 Å². The molecule has 0 aromatic heterocycles. The minimum Gasteiger partial charge on any atom is -0.479 e. The van der Waals surface area contributed by atoms with E-state index in [0.29, 0.717) is 0 Å². The lowest BCUT2D eigenvalue weighted by atomic mass is 10.1. The van der Waals surface area contributed by atoms with E-state index in [0.717, 1.165) is 6.07 Å². The number of halogens is 2. The third-order valence-corrected chi connectivity index (χ3v) is 3.09. The van der Waals surface area contributed by atoms with Gasteiger partial charge >= 0.3 is 5.97 Å². The quantitative estimate of drug-likeness (QED) is 0.893. The van der Waals surface area contributed by atoms with Crippen molar-refractivity contribution in [3.63, 3.8) is 0 Å². The molecule has 19 heavy (non-hydrogen) atoms. The maximum absolute atomic E-state index is 13.0. The van der Waals surface area contributed by atoms with Gasteiger partial charge in [-0.05, 0) is 18.2 Å². The second kappa shape index (κ2) is 5.54. The third kappa shape index (κ3) is 3.02. The fourth-order valence-corrected chi connectivity index (χ4v) is 1.98. The highest BCUT2D eigenvalue weighted by Crippen LogP contribution is 2.18. The summed E-state index contributed by atoms with van der Waals surface area (Å²) in [6, 6.07) is 3.64. The van der Waals surface area contributed by atoms with Gasteiger partial charge in [0.25, 0.3) is 5.91 Å². The first-order valence-corrected chi connectivity index (χ1v) is 5.95. The van der Waals surface area contributed by atoms with Gasteiger partial charge in [0, 0.05) is 12.1 Å². The maximum Gasteiger partial charge on any atom is 0.334 e. The van der Waals surface area contributed by atoms with Gasteiger partial charge in [0.15, 0.2) is 6.10 Å². The van der Waals surface area contributed by atoms with E-state index in [2.05, 4.69) is 0 Å². The van der Waals surface area contributed by atoms with Gasteiger partial charge in [-0.3, -0.25) is 4.79 Å². The number of aliphatic carboxylic acids is 1. The van der Waals surface area contributed by atoms with Crippen molar-refractivity contribution in [2.45, 2.75) is 6.10 Å². The zero-order valence-electron chi connectivity index (χ0n) is 9.81. The Morgan fingerprint density at radius 3 is 2.84 bits per heavy atom. The highest BCUT2D eigenvalue weighted by molar-refractivity contribution is 6.31. The van der Waals surface area contributed by atoms with Crippen LogP contribution in [0.25, 0.3) is 0 Å². The molecule has 1 unspecified atom stereocenters. The van der Waals surface area contributed by atoms with E-state index in [1.165, 1.54) is 17.0 Å². The molecular weight excluding hydrogens is 277 g/mol. The van der Waals surface area contributed by atoms with Crippen molar-refractivity contribution < 1.29 is 23.8 Å². The highest BCUT2D eigenvalue weighted by Gasteiger charge is 2.29. The number of hydrogen-bond donors (Lipinski definition) is 1. The summed E-state index contributed by atoms with van der Waals surface area (Å²) in [6.07, 6.45) is -1.03. The Labute approximate surface area is 113 Å². The smallest absolute Gasteiger partial charge is 0.334 e. The van der Waals surface area contributed by atoms with Gasteiger partial charge in [-0.25, -0.2) is 9.18 Å². The van der Waals surface area contributed by atoms with Crippen molar-refractivity contribution >= 4 is 23.5 Å². The van der Waals surface area contributed by atoms with Crippen LogP contribution in [0.1, 0.15) is 10.4 Å². The van der Waals surface area contributed by atoms with E-state index in [1.807, 2.05) is 0 Å². The number of ether oxygens (including phenoxy) is 1. The summed E-state index contributed by atoms with van der Waals surface area (Å²) >= 11 is 5.61. The Morgan fingerprint density at radius 1 is 1.47 bits per heavy atom. The van der Waals surface area contributed by atoms with Gasteiger partial charge in [-0.1, -0.05) is 11.6 Å². The normalized spacial score (nSPS) is 19.3. The molecule has 1 aromatic carbocycles. The number of amides is 1. The van der Waals surface area contributed by atoms with Crippen molar-refractivity contribution in [3.05, 3.63) is 34.6 Å². The fraction of sp³-hybridized carbons (Fsp3) is 0.333. The van der Waals surface area contributed by atoms with Crippen molar-refractivity contribution in [1.29, 1.82) is 0 Å². The molecule has 1 N–H and O–H groups in total. The Morgan fingerprint density at radius 2 is 2.21 bits per heavy atom.